The lowest BCUT2D eigenvalue weighted by Crippen LogP contribution is -2.50. The van der Waals surface area contributed by atoms with Crippen LogP contribution in [0.5, 0.6) is 0 Å². The van der Waals surface area contributed by atoms with Gasteiger partial charge in [0, 0.05) is 49.9 Å². The average molecular weight is 353 g/mol. The smallest absolute Gasteiger partial charge is 0.255 e. The predicted molar refractivity (Wildman–Crippen MR) is 106 cm³/mol. The first kappa shape index (κ1) is 18.4. The van der Waals surface area contributed by atoms with Crippen LogP contribution in [0.4, 0.5) is 0 Å². The summed E-state index contributed by atoms with van der Waals surface area (Å²) in [5.41, 5.74) is 1.39. The number of hydrogen-bond acceptors (Lipinski definition) is 3. The number of carbonyl (C=O) groups excluding carboxylic acids is 1. The van der Waals surface area contributed by atoms with E-state index >= 15 is 0 Å². The third-order valence-electron chi connectivity index (χ3n) is 4.57. The summed E-state index contributed by atoms with van der Waals surface area (Å²) in [6.07, 6.45) is 3.13. The second kappa shape index (κ2) is 7.46. The van der Waals surface area contributed by atoms with Gasteiger partial charge in [0.25, 0.3) is 5.56 Å². The highest BCUT2D eigenvalue weighted by Crippen LogP contribution is 2.16. The summed E-state index contributed by atoms with van der Waals surface area (Å²) in [5.74, 6) is -0.0343. The highest BCUT2D eigenvalue weighted by molar-refractivity contribution is 5.92. The minimum absolute atomic E-state index is 0.0343. The molecule has 1 aromatic carbocycles. The van der Waals surface area contributed by atoms with Crippen LogP contribution in [0.25, 0.3) is 17.0 Å². The normalized spacial score (nSPS) is 16.5. The van der Waals surface area contributed by atoms with Gasteiger partial charge in [-0.3, -0.25) is 14.5 Å². The first-order chi connectivity index (χ1) is 12.3. The molecule has 0 unspecified atom stereocenters. The van der Waals surface area contributed by atoms with E-state index in [4.69, 9.17) is 0 Å². The lowest BCUT2D eigenvalue weighted by molar-refractivity contribution is -0.127. The fourth-order valence-corrected chi connectivity index (χ4v) is 3.35. The molecule has 0 radical (unpaired) electrons. The van der Waals surface area contributed by atoms with Crippen LogP contribution >= 0.6 is 0 Å². The lowest BCUT2D eigenvalue weighted by Gasteiger charge is -2.37. The summed E-state index contributed by atoms with van der Waals surface area (Å²) in [7, 11) is 0. The zero-order valence-corrected chi connectivity index (χ0v) is 15.8. The van der Waals surface area contributed by atoms with Gasteiger partial charge in [0.2, 0.25) is 5.91 Å². The molecule has 0 bridgehead atoms. The molecule has 1 fully saturated rings. The van der Waals surface area contributed by atoms with Crippen LogP contribution in [-0.2, 0) is 4.79 Å². The molecule has 5 heteroatoms. The number of benzene rings is 1. The van der Waals surface area contributed by atoms with E-state index in [0.717, 1.165) is 43.6 Å². The second-order valence-electron chi connectivity index (χ2n) is 8.14. The maximum Gasteiger partial charge on any atom is 0.255 e. The maximum absolute atomic E-state index is 12.4. The lowest BCUT2D eigenvalue weighted by atomic mass is 9.96. The molecule has 3 rings (SSSR count). The third-order valence-corrected chi connectivity index (χ3v) is 4.57. The predicted octanol–water partition coefficient (Wildman–Crippen LogP) is 2.73. The largest absolute Gasteiger partial charge is 0.337 e. The Hall–Kier alpha value is -2.40. The van der Waals surface area contributed by atoms with E-state index in [1.165, 1.54) is 6.08 Å². The van der Waals surface area contributed by atoms with Crippen molar-refractivity contribution in [2.75, 3.05) is 32.7 Å². The van der Waals surface area contributed by atoms with Crippen molar-refractivity contribution in [1.82, 2.24) is 14.8 Å². The van der Waals surface area contributed by atoms with Gasteiger partial charge in [0.1, 0.15) is 0 Å². The van der Waals surface area contributed by atoms with E-state index < -0.39 is 0 Å². The molecule has 1 aromatic heterocycles. The number of aromatic amines is 1. The van der Waals surface area contributed by atoms with Gasteiger partial charge in [0.15, 0.2) is 0 Å². The number of H-pyrrole nitrogens is 1. The Morgan fingerprint density at radius 1 is 1.15 bits per heavy atom. The van der Waals surface area contributed by atoms with Crippen molar-refractivity contribution in [2.24, 2.45) is 5.41 Å². The molecular formula is C21H27N3O2. The zero-order chi connectivity index (χ0) is 18.7. The van der Waals surface area contributed by atoms with Crippen molar-refractivity contribution in [3.05, 3.63) is 52.3 Å². The number of fused-ring (bicyclic) bond motifs is 1. The van der Waals surface area contributed by atoms with E-state index in [0.29, 0.717) is 5.56 Å². The highest BCUT2D eigenvalue weighted by Gasteiger charge is 2.23. The van der Waals surface area contributed by atoms with E-state index in [2.05, 4.69) is 30.7 Å². The molecule has 138 valence electrons. The van der Waals surface area contributed by atoms with E-state index in [9.17, 15) is 9.59 Å². The molecule has 1 N–H and O–H groups in total. The molecule has 26 heavy (non-hydrogen) atoms. The fraction of sp³-hybridized carbons (Fsp3) is 0.429. The number of piperazine rings is 1. The summed E-state index contributed by atoms with van der Waals surface area (Å²) >= 11 is 0. The van der Waals surface area contributed by atoms with Crippen molar-refractivity contribution in [3.8, 4) is 0 Å². The Kier molecular flexibility index (Phi) is 5.28. The molecule has 1 aliphatic heterocycles. The van der Waals surface area contributed by atoms with Gasteiger partial charge in [0.05, 0.1) is 0 Å². The summed E-state index contributed by atoms with van der Waals surface area (Å²) < 4.78 is 0. The monoisotopic (exact) mass is 353 g/mol. The average Bonchev–Trinajstić information content (AvgIpc) is 2.59. The van der Waals surface area contributed by atoms with Crippen LogP contribution in [0.1, 0.15) is 26.3 Å². The number of para-hydroxylation sites is 1. The minimum Gasteiger partial charge on any atom is -0.337 e. The minimum atomic E-state index is -0.178. The summed E-state index contributed by atoms with van der Waals surface area (Å²) in [6.45, 7) is 11.0. The van der Waals surface area contributed by atoms with Crippen LogP contribution < -0.4 is 5.56 Å². The summed E-state index contributed by atoms with van der Waals surface area (Å²) in [5, 5.41) is 0.954. The van der Waals surface area contributed by atoms with E-state index in [1.807, 2.05) is 35.2 Å². The van der Waals surface area contributed by atoms with Crippen LogP contribution in [0, 0.1) is 5.41 Å². The quantitative estimate of drug-likeness (QED) is 0.863. The van der Waals surface area contributed by atoms with Crippen molar-refractivity contribution in [2.45, 2.75) is 20.8 Å². The molecule has 0 spiro atoms. The number of pyridine rings is 1. The Morgan fingerprint density at radius 3 is 2.54 bits per heavy atom. The number of nitrogens with zero attached hydrogens (tertiary/aromatic N) is 2. The van der Waals surface area contributed by atoms with Gasteiger partial charge in [-0.05, 0) is 29.0 Å². The topological polar surface area (TPSA) is 56.4 Å². The fourth-order valence-electron chi connectivity index (χ4n) is 3.35. The van der Waals surface area contributed by atoms with E-state index in [1.54, 1.807) is 6.08 Å². The van der Waals surface area contributed by atoms with Crippen LogP contribution in [0.3, 0.4) is 0 Å². The van der Waals surface area contributed by atoms with Gasteiger partial charge >= 0.3 is 0 Å². The molecule has 5 nitrogen and oxygen atoms in total. The molecule has 1 saturated heterocycles. The molecule has 0 aliphatic carbocycles. The van der Waals surface area contributed by atoms with Crippen molar-refractivity contribution in [1.29, 1.82) is 0 Å². The van der Waals surface area contributed by atoms with Gasteiger partial charge in [-0.1, -0.05) is 39.0 Å². The van der Waals surface area contributed by atoms with Gasteiger partial charge in [-0.25, -0.2) is 0 Å². The molecule has 0 saturated carbocycles. The number of carbonyl (C=O) groups is 1. The van der Waals surface area contributed by atoms with Gasteiger partial charge in [-0.15, -0.1) is 0 Å². The molecular weight excluding hydrogens is 326 g/mol. The van der Waals surface area contributed by atoms with Gasteiger partial charge in [-0.2, -0.15) is 0 Å². The van der Waals surface area contributed by atoms with E-state index in [-0.39, 0.29) is 16.9 Å². The summed E-state index contributed by atoms with van der Waals surface area (Å²) in [6, 6.07) is 9.44. The maximum atomic E-state index is 12.4. The number of nitrogens with one attached hydrogen (secondary N) is 1. The summed E-state index contributed by atoms with van der Waals surface area (Å²) in [4.78, 5) is 31.7. The highest BCUT2D eigenvalue weighted by atomic mass is 16.2. The Morgan fingerprint density at radius 2 is 1.85 bits per heavy atom. The number of hydrogen-bond donors (Lipinski definition) is 1. The molecule has 1 aliphatic rings. The van der Waals surface area contributed by atoms with Crippen molar-refractivity contribution >= 4 is 22.9 Å². The molecule has 2 aromatic rings. The molecule has 0 atom stereocenters. The van der Waals surface area contributed by atoms with Crippen LogP contribution in [0.2, 0.25) is 0 Å². The SMILES string of the molecule is CC(C)(C)CN1CCN(C(=O)/C=C/c2cc3ccccc3[nH]c2=O)CC1. The van der Waals surface area contributed by atoms with Crippen LogP contribution in [0.15, 0.2) is 41.2 Å². The standard InChI is InChI=1S/C21H27N3O2/c1-21(2,3)15-23-10-12-24(13-11-23)19(25)9-8-17-14-16-6-4-5-7-18(16)22-20(17)26/h4-9,14H,10-13,15H2,1-3H3,(H,22,26)/b9-8+. The number of amides is 1. The Balaban J connectivity index is 1.64. The number of rotatable bonds is 3. The Labute approximate surface area is 154 Å². The third kappa shape index (κ3) is 4.61. The molecule has 1 amide bonds. The second-order valence-corrected chi connectivity index (χ2v) is 8.14. The zero-order valence-electron chi connectivity index (χ0n) is 15.8. The van der Waals surface area contributed by atoms with Crippen LogP contribution in [-0.4, -0.2) is 53.4 Å². The first-order valence-corrected chi connectivity index (χ1v) is 9.13. The Bertz CT molecular complexity index is 869. The number of aromatic nitrogens is 1. The molecule has 2 heterocycles. The van der Waals surface area contributed by atoms with Crippen molar-refractivity contribution < 1.29 is 4.79 Å². The van der Waals surface area contributed by atoms with Gasteiger partial charge < -0.3 is 9.88 Å². The first-order valence-electron chi connectivity index (χ1n) is 9.13. The van der Waals surface area contributed by atoms with Crippen molar-refractivity contribution in [3.63, 3.8) is 0 Å².